The summed E-state index contributed by atoms with van der Waals surface area (Å²) < 4.78 is 2.64. The maximum Gasteiger partial charge on any atom is 0.330 e. The van der Waals surface area contributed by atoms with Crippen LogP contribution in [0.3, 0.4) is 0 Å². The van der Waals surface area contributed by atoms with E-state index in [2.05, 4.69) is 9.97 Å². The maximum atomic E-state index is 12.6. The monoisotopic (exact) mass is 405 g/mol. The van der Waals surface area contributed by atoms with Crippen LogP contribution in [-0.4, -0.2) is 30.6 Å². The van der Waals surface area contributed by atoms with Crippen molar-refractivity contribution in [3.63, 3.8) is 0 Å². The van der Waals surface area contributed by atoms with Crippen molar-refractivity contribution in [1.29, 1.82) is 0 Å². The van der Waals surface area contributed by atoms with Gasteiger partial charge in [0.15, 0.2) is 10.9 Å². The molecule has 9 nitrogen and oxygen atoms in total. The number of thioether (sulfide) groups is 1. The fourth-order valence-electron chi connectivity index (χ4n) is 2.84. The summed E-state index contributed by atoms with van der Waals surface area (Å²) in [5.41, 5.74) is 4.13. The predicted molar refractivity (Wildman–Crippen MR) is 104 cm³/mol. The van der Waals surface area contributed by atoms with E-state index < -0.39 is 17.0 Å². The Kier molecular flexibility index (Phi) is 4.27. The zero-order valence-electron chi connectivity index (χ0n) is 14.2. The molecule has 0 bridgehead atoms. The van der Waals surface area contributed by atoms with Crippen molar-refractivity contribution >= 4 is 44.9 Å². The van der Waals surface area contributed by atoms with Gasteiger partial charge >= 0.3 is 5.69 Å². The van der Waals surface area contributed by atoms with Gasteiger partial charge < -0.3 is 5.73 Å². The summed E-state index contributed by atoms with van der Waals surface area (Å²) in [4.78, 5) is 56.2. The van der Waals surface area contributed by atoms with E-state index in [0.717, 1.165) is 24.6 Å². The number of nitrogens with one attached hydrogen (secondary N) is 1. The Hall–Kier alpha value is -2.66. The molecule has 0 atom stereocenters. The van der Waals surface area contributed by atoms with E-state index in [9.17, 15) is 19.2 Å². The number of Topliss-reactive ketones (excluding diaryl/α,β-unsaturated/α-hetero) is 1. The van der Waals surface area contributed by atoms with Gasteiger partial charge in [-0.3, -0.25) is 28.5 Å². The highest BCUT2D eigenvalue weighted by Crippen LogP contribution is 2.35. The van der Waals surface area contributed by atoms with Crippen molar-refractivity contribution in [3.8, 4) is 0 Å². The lowest BCUT2D eigenvalue weighted by atomic mass is 10.2. The summed E-state index contributed by atoms with van der Waals surface area (Å²) in [5.74, 6) is -0.756. The number of H-pyrrole nitrogens is 1. The van der Waals surface area contributed by atoms with Gasteiger partial charge in [0.2, 0.25) is 0 Å². The number of carbonyl (C=O) groups is 1. The number of ketones is 1. The molecule has 0 radical (unpaired) electrons. The first-order valence-corrected chi connectivity index (χ1v) is 9.99. The number of anilines is 1. The Morgan fingerprint density at radius 3 is 2.85 bits per heavy atom. The molecule has 0 saturated heterocycles. The third-order valence-corrected chi connectivity index (χ3v) is 6.21. The predicted octanol–water partition coefficient (Wildman–Crippen LogP) is 0.737. The highest BCUT2D eigenvalue weighted by atomic mass is 32.2. The summed E-state index contributed by atoms with van der Waals surface area (Å²) >= 11 is 2.38. The molecule has 0 aromatic carbocycles. The Bertz CT molecular complexity index is 1250. The summed E-state index contributed by atoms with van der Waals surface area (Å²) in [5, 5.41) is 2.67. The number of carbonyl (C=O) groups excluding carboxylic acids is 1. The molecule has 1 aliphatic carbocycles. The minimum atomic E-state index is -0.796. The Morgan fingerprint density at radius 2 is 2.15 bits per heavy atom. The number of aromatic nitrogens is 4. The molecular formula is C16H15N5O4S2. The van der Waals surface area contributed by atoms with Gasteiger partial charge in [-0.05, 0) is 24.3 Å². The van der Waals surface area contributed by atoms with Crippen molar-refractivity contribution < 1.29 is 4.79 Å². The molecule has 3 aromatic heterocycles. The van der Waals surface area contributed by atoms with Crippen LogP contribution in [0, 0.1) is 0 Å². The van der Waals surface area contributed by atoms with Crippen LogP contribution in [0.15, 0.2) is 31.0 Å². The van der Waals surface area contributed by atoms with Gasteiger partial charge in [-0.15, -0.1) is 11.3 Å². The van der Waals surface area contributed by atoms with E-state index in [1.165, 1.54) is 20.5 Å². The molecule has 0 spiro atoms. The minimum absolute atomic E-state index is 0.0720. The molecule has 3 aromatic rings. The third kappa shape index (κ3) is 3.02. The molecule has 4 rings (SSSR count). The third-order valence-electron chi connectivity index (χ3n) is 4.37. The van der Waals surface area contributed by atoms with Crippen LogP contribution in [0.4, 0.5) is 5.82 Å². The largest absolute Gasteiger partial charge is 0.384 e. The number of hydrogen-bond acceptors (Lipinski definition) is 8. The van der Waals surface area contributed by atoms with Crippen molar-refractivity contribution in [2.75, 3.05) is 11.5 Å². The maximum absolute atomic E-state index is 12.6. The number of rotatable bonds is 5. The second-order valence-corrected chi connectivity index (χ2v) is 8.07. The Balaban J connectivity index is 1.65. The lowest BCUT2D eigenvalue weighted by molar-refractivity contribution is 0.102. The van der Waals surface area contributed by atoms with E-state index >= 15 is 0 Å². The molecule has 3 N–H and O–H groups in total. The molecule has 140 valence electrons. The Labute approximate surface area is 159 Å². The van der Waals surface area contributed by atoms with Crippen LogP contribution < -0.4 is 22.5 Å². The minimum Gasteiger partial charge on any atom is -0.384 e. The van der Waals surface area contributed by atoms with Gasteiger partial charge in [0.1, 0.15) is 16.2 Å². The number of fused-ring (bicyclic) bond motifs is 1. The first-order chi connectivity index (χ1) is 12.9. The van der Waals surface area contributed by atoms with Crippen molar-refractivity contribution in [3.05, 3.63) is 48.2 Å². The average Bonchev–Trinajstić information content (AvgIpc) is 3.32. The average molecular weight is 405 g/mol. The lowest BCUT2D eigenvalue weighted by Crippen LogP contribution is -2.36. The van der Waals surface area contributed by atoms with E-state index in [1.807, 2.05) is 0 Å². The van der Waals surface area contributed by atoms with Crippen LogP contribution in [0.5, 0.6) is 0 Å². The number of nitrogen functional groups attached to an aromatic ring is 1. The number of aromatic amines is 1. The SMILES string of the molecule is Cn1c(SCC(=O)c2c(N)n(C3CC3)c(=O)[nH]c2=O)nc2sccc2c1=O. The molecule has 27 heavy (non-hydrogen) atoms. The topological polar surface area (TPSA) is 133 Å². The molecule has 0 amide bonds. The van der Waals surface area contributed by atoms with Crippen LogP contribution in [0.2, 0.25) is 0 Å². The van der Waals surface area contributed by atoms with Crippen LogP contribution in [0.25, 0.3) is 10.2 Å². The zero-order valence-corrected chi connectivity index (χ0v) is 15.9. The van der Waals surface area contributed by atoms with Gasteiger partial charge in [0.25, 0.3) is 11.1 Å². The van der Waals surface area contributed by atoms with Crippen LogP contribution in [0.1, 0.15) is 29.2 Å². The van der Waals surface area contributed by atoms with Gasteiger partial charge in [-0.2, -0.15) is 0 Å². The molecular weight excluding hydrogens is 390 g/mol. The van der Waals surface area contributed by atoms with Gasteiger partial charge in [-0.1, -0.05) is 11.8 Å². The highest BCUT2D eigenvalue weighted by Gasteiger charge is 2.30. The number of hydrogen-bond donors (Lipinski definition) is 2. The molecule has 0 aliphatic heterocycles. The first-order valence-electron chi connectivity index (χ1n) is 8.13. The Morgan fingerprint density at radius 1 is 1.41 bits per heavy atom. The molecule has 11 heteroatoms. The summed E-state index contributed by atoms with van der Waals surface area (Å²) in [6.45, 7) is 0. The summed E-state index contributed by atoms with van der Waals surface area (Å²) in [6, 6.07) is 1.63. The van der Waals surface area contributed by atoms with Crippen LogP contribution in [-0.2, 0) is 7.05 Å². The summed E-state index contributed by atoms with van der Waals surface area (Å²) in [6.07, 6.45) is 1.57. The van der Waals surface area contributed by atoms with Gasteiger partial charge in [-0.25, -0.2) is 9.78 Å². The fraction of sp³-hybridized carbons (Fsp3) is 0.312. The summed E-state index contributed by atoms with van der Waals surface area (Å²) in [7, 11) is 1.58. The molecule has 1 aliphatic rings. The molecule has 1 fully saturated rings. The standard InChI is InChI=1S/C16H15N5O4S2/c1-20-14(24)8-4-5-26-13(8)19-16(20)27-6-9(22)10-11(17)21(7-2-3-7)15(25)18-12(10)23/h4-5,7H,2-3,6,17H2,1H3,(H,18,23,25). The van der Waals surface area contributed by atoms with E-state index in [4.69, 9.17) is 5.73 Å². The number of nitrogens with two attached hydrogens (primary N) is 1. The van der Waals surface area contributed by atoms with Crippen molar-refractivity contribution in [2.45, 2.75) is 24.0 Å². The highest BCUT2D eigenvalue weighted by molar-refractivity contribution is 7.99. The van der Waals surface area contributed by atoms with Crippen molar-refractivity contribution in [2.24, 2.45) is 7.05 Å². The lowest BCUT2D eigenvalue weighted by Gasteiger charge is -2.11. The van der Waals surface area contributed by atoms with E-state index in [0.29, 0.717) is 15.4 Å². The van der Waals surface area contributed by atoms with Crippen molar-refractivity contribution in [1.82, 2.24) is 19.1 Å². The smallest absolute Gasteiger partial charge is 0.330 e. The molecule has 3 heterocycles. The van der Waals surface area contributed by atoms with E-state index in [-0.39, 0.29) is 28.7 Å². The zero-order chi connectivity index (χ0) is 19.3. The quantitative estimate of drug-likeness (QED) is 0.363. The first kappa shape index (κ1) is 17.7. The van der Waals surface area contributed by atoms with E-state index in [1.54, 1.807) is 18.5 Å². The van der Waals surface area contributed by atoms with Gasteiger partial charge in [0.05, 0.1) is 11.1 Å². The molecule has 1 saturated carbocycles. The van der Waals surface area contributed by atoms with Gasteiger partial charge in [0, 0.05) is 13.1 Å². The second kappa shape index (κ2) is 6.50. The normalized spacial score (nSPS) is 14.0. The number of thiophene rings is 1. The number of nitrogens with zero attached hydrogens (tertiary/aromatic N) is 3. The second-order valence-electron chi connectivity index (χ2n) is 6.23. The fourth-order valence-corrected chi connectivity index (χ4v) is 4.49. The molecule has 0 unspecified atom stereocenters. The van der Waals surface area contributed by atoms with Crippen LogP contribution >= 0.6 is 23.1 Å².